The van der Waals surface area contributed by atoms with Crippen LogP contribution in [0.4, 0.5) is 0 Å². The molecule has 2 rings (SSSR count). The highest BCUT2D eigenvalue weighted by molar-refractivity contribution is 9.25. The molecule has 0 radical (unpaired) electrons. The maximum absolute atomic E-state index is 3.77. The number of halogens is 2. The van der Waals surface area contributed by atoms with Crippen molar-refractivity contribution in [3.63, 3.8) is 0 Å². The first-order valence-electron chi connectivity index (χ1n) is 4.50. The first-order chi connectivity index (χ1) is 5.12. The van der Waals surface area contributed by atoms with Crippen LogP contribution >= 0.6 is 31.9 Å². The summed E-state index contributed by atoms with van der Waals surface area (Å²) < 4.78 is 0.285. The van der Waals surface area contributed by atoms with Crippen LogP contribution in [0.5, 0.6) is 0 Å². The van der Waals surface area contributed by atoms with Gasteiger partial charge in [0.25, 0.3) is 0 Å². The van der Waals surface area contributed by atoms with Gasteiger partial charge in [0.05, 0.1) is 3.23 Å². The second kappa shape index (κ2) is 2.73. The van der Waals surface area contributed by atoms with Crippen LogP contribution in [0.1, 0.15) is 44.9 Å². The molecule has 11 heavy (non-hydrogen) atoms. The Kier molecular flexibility index (Phi) is 2.12. The van der Waals surface area contributed by atoms with Gasteiger partial charge in [0.1, 0.15) is 0 Å². The lowest BCUT2D eigenvalue weighted by molar-refractivity contribution is 0.439. The zero-order chi connectivity index (χ0) is 7.95. The van der Waals surface area contributed by atoms with Crippen LogP contribution in [-0.2, 0) is 0 Å². The molecule has 0 unspecified atom stereocenters. The fraction of sp³-hybridized carbons (Fsp3) is 1.00. The predicted octanol–water partition coefficient (Wildman–Crippen LogP) is 4.22. The summed E-state index contributed by atoms with van der Waals surface area (Å²) in [5.41, 5.74) is 0.753. The minimum atomic E-state index is 0.285. The molecule has 0 saturated heterocycles. The van der Waals surface area contributed by atoms with Crippen molar-refractivity contribution in [2.24, 2.45) is 5.41 Å². The van der Waals surface area contributed by atoms with Crippen molar-refractivity contribution in [2.45, 2.75) is 48.2 Å². The van der Waals surface area contributed by atoms with Gasteiger partial charge in [0, 0.05) is 0 Å². The summed E-state index contributed by atoms with van der Waals surface area (Å²) >= 11 is 7.55. The summed E-state index contributed by atoms with van der Waals surface area (Å²) in [6.07, 6.45) is 9.91. The van der Waals surface area contributed by atoms with Crippen LogP contribution < -0.4 is 0 Å². The molecule has 2 heteroatoms. The molecule has 0 N–H and O–H groups in total. The van der Waals surface area contributed by atoms with Gasteiger partial charge in [0.15, 0.2) is 0 Å². The number of hydrogen-bond acceptors (Lipinski definition) is 0. The largest absolute Gasteiger partial charge is 0.0811 e. The third kappa shape index (κ3) is 2.00. The Morgan fingerprint density at radius 3 is 2.09 bits per heavy atom. The standard InChI is InChI=1S/C9H14Br2/c10-9(11)4-2-1-3-8(7-9)5-6-8/h1-7H2. The number of rotatable bonds is 0. The van der Waals surface area contributed by atoms with Crippen molar-refractivity contribution in [2.75, 3.05) is 0 Å². The molecule has 1 spiro atoms. The number of hydrogen-bond donors (Lipinski definition) is 0. The predicted molar refractivity (Wildman–Crippen MR) is 55.3 cm³/mol. The minimum absolute atomic E-state index is 0.285. The highest BCUT2D eigenvalue weighted by Gasteiger charge is 2.48. The van der Waals surface area contributed by atoms with Gasteiger partial charge in [-0.15, -0.1) is 0 Å². The first kappa shape index (κ1) is 8.55. The van der Waals surface area contributed by atoms with Gasteiger partial charge in [-0.1, -0.05) is 44.7 Å². The molecular formula is C9H14Br2. The molecule has 64 valence electrons. The smallest absolute Gasteiger partial charge is 0.0727 e. The molecule has 2 aliphatic carbocycles. The van der Waals surface area contributed by atoms with E-state index >= 15 is 0 Å². The van der Waals surface area contributed by atoms with Crippen molar-refractivity contribution in [1.29, 1.82) is 0 Å². The zero-order valence-electron chi connectivity index (χ0n) is 6.71. The van der Waals surface area contributed by atoms with Gasteiger partial charge in [-0.3, -0.25) is 0 Å². The third-order valence-corrected chi connectivity index (χ3v) is 4.44. The fourth-order valence-electron chi connectivity index (χ4n) is 2.21. The molecule has 0 aromatic rings. The molecule has 0 nitrogen and oxygen atoms in total. The Labute approximate surface area is 85.4 Å². The van der Waals surface area contributed by atoms with Crippen molar-refractivity contribution in [3.05, 3.63) is 0 Å². The molecule has 2 saturated carbocycles. The van der Waals surface area contributed by atoms with Gasteiger partial charge >= 0.3 is 0 Å². The van der Waals surface area contributed by atoms with Crippen LogP contribution in [-0.4, -0.2) is 3.23 Å². The lowest BCUT2D eigenvalue weighted by Gasteiger charge is -2.21. The van der Waals surface area contributed by atoms with E-state index in [4.69, 9.17) is 0 Å². The Morgan fingerprint density at radius 2 is 1.45 bits per heavy atom. The fourth-order valence-corrected chi connectivity index (χ4v) is 3.96. The summed E-state index contributed by atoms with van der Waals surface area (Å²) in [6.45, 7) is 0. The van der Waals surface area contributed by atoms with Crippen LogP contribution in [0.3, 0.4) is 0 Å². The molecule has 0 atom stereocenters. The quantitative estimate of drug-likeness (QED) is 0.584. The summed E-state index contributed by atoms with van der Waals surface area (Å²) in [5.74, 6) is 0. The lowest BCUT2D eigenvalue weighted by atomic mass is 9.97. The molecule has 2 fully saturated rings. The van der Waals surface area contributed by atoms with Gasteiger partial charge in [-0.05, 0) is 37.5 Å². The number of alkyl halides is 2. The van der Waals surface area contributed by atoms with Crippen molar-refractivity contribution < 1.29 is 0 Å². The second-order valence-corrected chi connectivity index (χ2v) is 8.34. The van der Waals surface area contributed by atoms with Crippen LogP contribution in [0, 0.1) is 5.41 Å². The van der Waals surface area contributed by atoms with Crippen LogP contribution in [0.15, 0.2) is 0 Å². The van der Waals surface area contributed by atoms with E-state index in [9.17, 15) is 0 Å². The summed E-state index contributed by atoms with van der Waals surface area (Å²) in [6, 6.07) is 0. The van der Waals surface area contributed by atoms with E-state index in [1.807, 2.05) is 0 Å². The van der Waals surface area contributed by atoms with Gasteiger partial charge in [0.2, 0.25) is 0 Å². The summed E-state index contributed by atoms with van der Waals surface area (Å²) in [4.78, 5) is 0. The van der Waals surface area contributed by atoms with Crippen molar-refractivity contribution in [1.82, 2.24) is 0 Å². The third-order valence-electron chi connectivity index (χ3n) is 3.09. The van der Waals surface area contributed by atoms with Gasteiger partial charge in [-0.25, -0.2) is 0 Å². The van der Waals surface area contributed by atoms with E-state index in [1.165, 1.54) is 44.9 Å². The Morgan fingerprint density at radius 1 is 0.818 bits per heavy atom. The zero-order valence-corrected chi connectivity index (χ0v) is 9.88. The Bertz CT molecular complexity index is 153. The molecule has 0 heterocycles. The highest BCUT2D eigenvalue weighted by atomic mass is 79.9. The van der Waals surface area contributed by atoms with Gasteiger partial charge in [-0.2, -0.15) is 0 Å². The topological polar surface area (TPSA) is 0 Å². The van der Waals surface area contributed by atoms with E-state index in [0.717, 1.165) is 5.41 Å². The average molecular weight is 282 g/mol. The monoisotopic (exact) mass is 280 g/mol. The molecular weight excluding hydrogens is 268 g/mol. The summed E-state index contributed by atoms with van der Waals surface area (Å²) in [7, 11) is 0. The van der Waals surface area contributed by atoms with E-state index in [-0.39, 0.29) is 3.23 Å². The maximum Gasteiger partial charge on any atom is 0.0811 e. The second-order valence-electron chi connectivity index (χ2n) is 4.24. The van der Waals surface area contributed by atoms with Crippen molar-refractivity contribution in [3.8, 4) is 0 Å². The SMILES string of the molecule is BrC1(Br)CCCCC2(CC2)C1. The lowest BCUT2D eigenvalue weighted by Crippen LogP contribution is -2.14. The summed E-state index contributed by atoms with van der Waals surface area (Å²) in [5, 5.41) is 0. The molecule has 0 aromatic heterocycles. The molecule has 0 aliphatic heterocycles. The molecule has 0 amide bonds. The Balaban J connectivity index is 2.05. The average Bonchev–Trinajstić information content (AvgIpc) is 2.63. The van der Waals surface area contributed by atoms with E-state index < -0.39 is 0 Å². The molecule has 0 bridgehead atoms. The Hall–Kier alpha value is 0.960. The van der Waals surface area contributed by atoms with E-state index in [1.54, 1.807) is 0 Å². The minimum Gasteiger partial charge on any atom is -0.0727 e. The highest BCUT2D eigenvalue weighted by Crippen LogP contribution is 2.60. The molecule has 2 aliphatic rings. The van der Waals surface area contributed by atoms with Crippen molar-refractivity contribution >= 4 is 31.9 Å². The molecule has 0 aromatic carbocycles. The van der Waals surface area contributed by atoms with E-state index in [0.29, 0.717) is 0 Å². The normalized spacial score (nSPS) is 33.3. The first-order valence-corrected chi connectivity index (χ1v) is 6.09. The van der Waals surface area contributed by atoms with E-state index in [2.05, 4.69) is 31.9 Å². The maximum atomic E-state index is 3.77. The van der Waals surface area contributed by atoms with Crippen LogP contribution in [0.2, 0.25) is 0 Å². The van der Waals surface area contributed by atoms with Crippen LogP contribution in [0.25, 0.3) is 0 Å². The van der Waals surface area contributed by atoms with Gasteiger partial charge < -0.3 is 0 Å².